The summed E-state index contributed by atoms with van der Waals surface area (Å²) in [6.45, 7) is 3.29. The maximum absolute atomic E-state index is 5.44. The van der Waals surface area contributed by atoms with E-state index in [1.807, 2.05) is 0 Å². The van der Waals surface area contributed by atoms with Crippen LogP contribution in [0.3, 0.4) is 0 Å². The molecule has 0 aromatic heterocycles. The lowest BCUT2D eigenvalue weighted by Gasteiger charge is -2.26. The molecule has 1 heterocycles. The highest BCUT2D eigenvalue weighted by Crippen LogP contribution is 2.32. The lowest BCUT2D eigenvalue weighted by molar-refractivity contribution is 0.372. The minimum absolute atomic E-state index is 0.481. The van der Waals surface area contributed by atoms with Crippen LogP contribution in [0.25, 0.3) is 0 Å². The highest BCUT2D eigenvalue weighted by Gasteiger charge is 2.19. The average molecular weight is 205 g/mol. The molecule has 1 aliphatic heterocycles. The predicted octanol–water partition coefficient (Wildman–Crippen LogP) is 2.82. The van der Waals surface area contributed by atoms with Crippen LogP contribution in [0, 0.1) is 6.92 Å². The third-order valence-corrected chi connectivity index (χ3v) is 3.16. The van der Waals surface area contributed by atoms with Gasteiger partial charge in [0, 0.05) is 11.6 Å². The molecule has 0 saturated carbocycles. The van der Waals surface area contributed by atoms with Crippen LogP contribution in [-0.4, -0.2) is 13.7 Å². The van der Waals surface area contributed by atoms with Crippen molar-refractivity contribution >= 4 is 0 Å². The van der Waals surface area contributed by atoms with E-state index in [2.05, 4.69) is 30.4 Å². The molecule has 1 atom stereocenters. The first-order valence-electron chi connectivity index (χ1n) is 5.70. The van der Waals surface area contributed by atoms with Crippen LogP contribution < -0.4 is 10.1 Å². The van der Waals surface area contributed by atoms with Crippen molar-refractivity contribution in [2.45, 2.75) is 32.2 Å². The Labute approximate surface area is 91.6 Å². The summed E-state index contributed by atoms with van der Waals surface area (Å²) in [5, 5.41) is 3.57. The highest BCUT2D eigenvalue weighted by molar-refractivity contribution is 5.42. The fourth-order valence-corrected chi connectivity index (χ4v) is 2.38. The summed E-state index contributed by atoms with van der Waals surface area (Å²) in [7, 11) is 1.75. The van der Waals surface area contributed by atoms with Crippen molar-refractivity contribution in [3.63, 3.8) is 0 Å². The Morgan fingerprint density at radius 3 is 2.87 bits per heavy atom. The molecule has 15 heavy (non-hydrogen) atoms. The number of hydrogen-bond donors (Lipinski definition) is 1. The molecule has 0 bridgehead atoms. The van der Waals surface area contributed by atoms with E-state index in [1.165, 1.54) is 30.4 Å². The van der Waals surface area contributed by atoms with Crippen molar-refractivity contribution in [3.05, 3.63) is 29.3 Å². The number of hydrogen-bond acceptors (Lipinski definition) is 2. The average Bonchev–Trinajstić information content (AvgIpc) is 2.29. The lowest BCUT2D eigenvalue weighted by atomic mass is 9.93. The fraction of sp³-hybridized carbons (Fsp3) is 0.538. The van der Waals surface area contributed by atoms with E-state index < -0.39 is 0 Å². The second-order valence-electron chi connectivity index (χ2n) is 4.19. The van der Waals surface area contributed by atoms with Gasteiger partial charge in [0.05, 0.1) is 7.11 Å². The van der Waals surface area contributed by atoms with Gasteiger partial charge in [-0.15, -0.1) is 0 Å². The van der Waals surface area contributed by atoms with Crippen LogP contribution in [0.2, 0.25) is 0 Å². The van der Waals surface area contributed by atoms with Crippen molar-refractivity contribution in [1.29, 1.82) is 0 Å². The zero-order valence-corrected chi connectivity index (χ0v) is 9.55. The monoisotopic (exact) mass is 205 g/mol. The molecule has 1 fully saturated rings. The van der Waals surface area contributed by atoms with Crippen molar-refractivity contribution < 1.29 is 4.74 Å². The Hall–Kier alpha value is -1.02. The van der Waals surface area contributed by atoms with Gasteiger partial charge in [-0.1, -0.05) is 18.6 Å². The Morgan fingerprint density at radius 1 is 1.33 bits per heavy atom. The standard InChI is InChI=1S/C13H19NO/c1-10-6-5-8-12(15-2)13(10)11-7-3-4-9-14-11/h5-6,8,11,14H,3-4,7,9H2,1-2H3. The minimum atomic E-state index is 0.481. The van der Waals surface area contributed by atoms with Crippen LogP contribution in [0.15, 0.2) is 18.2 Å². The first-order chi connectivity index (χ1) is 7.33. The molecule has 2 heteroatoms. The summed E-state index contributed by atoms with van der Waals surface area (Å²) in [6, 6.07) is 6.75. The van der Waals surface area contributed by atoms with Gasteiger partial charge >= 0.3 is 0 Å². The zero-order chi connectivity index (χ0) is 10.7. The predicted molar refractivity (Wildman–Crippen MR) is 62.3 cm³/mol. The van der Waals surface area contributed by atoms with E-state index >= 15 is 0 Å². The summed E-state index contributed by atoms with van der Waals surface area (Å²) in [5.41, 5.74) is 2.67. The first-order valence-corrected chi connectivity index (χ1v) is 5.70. The second-order valence-corrected chi connectivity index (χ2v) is 4.19. The molecule has 0 spiro atoms. The maximum atomic E-state index is 5.44. The van der Waals surface area contributed by atoms with Crippen molar-refractivity contribution in [1.82, 2.24) is 5.32 Å². The largest absolute Gasteiger partial charge is 0.496 e. The molecule has 2 rings (SSSR count). The molecule has 1 N–H and O–H groups in total. The molecule has 1 aromatic rings. The van der Waals surface area contributed by atoms with Gasteiger partial charge in [-0.3, -0.25) is 0 Å². The number of ether oxygens (including phenoxy) is 1. The Morgan fingerprint density at radius 2 is 2.20 bits per heavy atom. The molecule has 0 aliphatic carbocycles. The normalized spacial score (nSPS) is 21.3. The summed E-state index contributed by atoms with van der Waals surface area (Å²) in [5.74, 6) is 1.02. The highest BCUT2D eigenvalue weighted by atomic mass is 16.5. The van der Waals surface area contributed by atoms with Crippen molar-refractivity contribution in [2.24, 2.45) is 0 Å². The molecule has 0 amide bonds. The van der Waals surface area contributed by atoms with Crippen molar-refractivity contribution in [3.8, 4) is 5.75 Å². The van der Waals surface area contributed by atoms with E-state index in [4.69, 9.17) is 4.74 Å². The van der Waals surface area contributed by atoms with Gasteiger partial charge in [-0.2, -0.15) is 0 Å². The van der Waals surface area contributed by atoms with Gasteiger partial charge in [0.25, 0.3) is 0 Å². The molecular weight excluding hydrogens is 186 g/mol. The lowest BCUT2D eigenvalue weighted by Crippen LogP contribution is -2.27. The van der Waals surface area contributed by atoms with Gasteiger partial charge in [-0.05, 0) is 37.9 Å². The Balaban J connectivity index is 2.31. The van der Waals surface area contributed by atoms with Crippen molar-refractivity contribution in [2.75, 3.05) is 13.7 Å². The second kappa shape index (κ2) is 4.67. The fourth-order valence-electron chi connectivity index (χ4n) is 2.38. The molecule has 2 nitrogen and oxygen atoms in total. The van der Waals surface area contributed by atoms with E-state index in [0.717, 1.165) is 12.3 Å². The molecule has 1 unspecified atom stereocenters. The number of aryl methyl sites for hydroxylation is 1. The van der Waals surface area contributed by atoms with Crippen LogP contribution in [-0.2, 0) is 0 Å². The quantitative estimate of drug-likeness (QED) is 0.801. The number of nitrogens with one attached hydrogen (secondary N) is 1. The van der Waals surface area contributed by atoms with Crippen LogP contribution in [0.1, 0.15) is 36.4 Å². The maximum Gasteiger partial charge on any atom is 0.123 e. The minimum Gasteiger partial charge on any atom is -0.496 e. The Bertz CT molecular complexity index is 329. The van der Waals surface area contributed by atoms with Gasteiger partial charge in [-0.25, -0.2) is 0 Å². The van der Waals surface area contributed by atoms with E-state index in [1.54, 1.807) is 7.11 Å². The van der Waals surface area contributed by atoms with Crippen LogP contribution in [0.5, 0.6) is 5.75 Å². The molecule has 1 saturated heterocycles. The smallest absolute Gasteiger partial charge is 0.123 e. The summed E-state index contributed by atoms with van der Waals surface area (Å²) in [6.07, 6.45) is 3.83. The Kier molecular flexibility index (Phi) is 3.27. The van der Waals surface area contributed by atoms with E-state index in [0.29, 0.717) is 6.04 Å². The zero-order valence-electron chi connectivity index (χ0n) is 9.55. The summed E-state index contributed by atoms with van der Waals surface area (Å²) < 4.78 is 5.44. The number of rotatable bonds is 2. The molecule has 0 radical (unpaired) electrons. The van der Waals surface area contributed by atoms with Gasteiger partial charge in [0.2, 0.25) is 0 Å². The molecular formula is C13H19NO. The van der Waals surface area contributed by atoms with E-state index in [9.17, 15) is 0 Å². The van der Waals surface area contributed by atoms with Gasteiger partial charge in [0.1, 0.15) is 5.75 Å². The first kappa shape index (κ1) is 10.5. The number of methoxy groups -OCH3 is 1. The third kappa shape index (κ3) is 2.15. The molecule has 82 valence electrons. The number of piperidine rings is 1. The van der Waals surface area contributed by atoms with Crippen LogP contribution >= 0.6 is 0 Å². The topological polar surface area (TPSA) is 21.3 Å². The van der Waals surface area contributed by atoms with Crippen LogP contribution in [0.4, 0.5) is 0 Å². The molecule has 1 aliphatic rings. The third-order valence-electron chi connectivity index (χ3n) is 3.16. The number of benzene rings is 1. The molecule has 1 aromatic carbocycles. The summed E-state index contributed by atoms with van der Waals surface area (Å²) in [4.78, 5) is 0. The van der Waals surface area contributed by atoms with Gasteiger partial charge in [0.15, 0.2) is 0 Å². The summed E-state index contributed by atoms with van der Waals surface area (Å²) >= 11 is 0. The van der Waals surface area contributed by atoms with E-state index in [-0.39, 0.29) is 0 Å². The van der Waals surface area contributed by atoms with Gasteiger partial charge < -0.3 is 10.1 Å². The SMILES string of the molecule is COc1cccc(C)c1C1CCCCN1.